The van der Waals surface area contributed by atoms with Crippen LogP contribution in [0, 0.1) is 0 Å². The van der Waals surface area contributed by atoms with Gasteiger partial charge in [-0.1, -0.05) is 66.7 Å². The van der Waals surface area contributed by atoms with Gasteiger partial charge in [-0.2, -0.15) is 4.31 Å². The van der Waals surface area contributed by atoms with Crippen molar-refractivity contribution in [2.75, 3.05) is 27.7 Å². The minimum atomic E-state index is -3.71. The monoisotopic (exact) mass is 451 g/mol. The summed E-state index contributed by atoms with van der Waals surface area (Å²) in [5.41, 5.74) is 4.30. The van der Waals surface area contributed by atoms with Crippen LogP contribution < -0.4 is 5.32 Å². The quantitative estimate of drug-likeness (QED) is 0.542. The Balaban J connectivity index is 1.65. The maximum Gasteiger partial charge on any atom is 0.243 e. The van der Waals surface area contributed by atoms with E-state index in [2.05, 4.69) is 34.5 Å². The summed E-state index contributed by atoms with van der Waals surface area (Å²) >= 11 is 0. The number of nitrogens with one attached hydrogen (secondary N) is 1. The molecule has 3 aromatic rings. The number of amides is 1. The molecule has 0 heterocycles. The van der Waals surface area contributed by atoms with Gasteiger partial charge in [0.25, 0.3) is 0 Å². The molecule has 32 heavy (non-hydrogen) atoms. The lowest BCUT2D eigenvalue weighted by atomic mass is 9.98. The maximum atomic E-state index is 12.6. The van der Waals surface area contributed by atoms with Crippen molar-refractivity contribution in [3.63, 3.8) is 0 Å². The van der Waals surface area contributed by atoms with Crippen LogP contribution in [-0.2, 0) is 27.9 Å². The molecule has 3 aromatic carbocycles. The molecule has 0 unspecified atom stereocenters. The van der Waals surface area contributed by atoms with E-state index in [1.54, 1.807) is 18.2 Å². The van der Waals surface area contributed by atoms with E-state index in [0.29, 0.717) is 6.54 Å². The molecular formula is C25H29N3O3S. The van der Waals surface area contributed by atoms with E-state index in [1.807, 2.05) is 38.4 Å². The number of carbonyl (C=O) groups excluding carboxylic acids is 1. The summed E-state index contributed by atoms with van der Waals surface area (Å²) in [4.78, 5) is 14.8. The molecule has 0 aliphatic rings. The fourth-order valence-corrected chi connectivity index (χ4v) is 4.57. The summed E-state index contributed by atoms with van der Waals surface area (Å²) in [6.07, 6.45) is 0. The summed E-state index contributed by atoms with van der Waals surface area (Å²) in [6.45, 7) is 0.934. The summed E-state index contributed by atoms with van der Waals surface area (Å²) in [7, 11) is 1.77. The lowest BCUT2D eigenvalue weighted by molar-refractivity contribution is -0.121. The van der Waals surface area contributed by atoms with Gasteiger partial charge in [-0.3, -0.25) is 4.79 Å². The highest BCUT2D eigenvalue weighted by Crippen LogP contribution is 2.24. The van der Waals surface area contributed by atoms with Crippen LogP contribution in [0.2, 0.25) is 0 Å². The summed E-state index contributed by atoms with van der Waals surface area (Å²) in [5.74, 6) is -0.358. The van der Waals surface area contributed by atoms with Crippen molar-refractivity contribution in [2.24, 2.45) is 0 Å². The third kappa shape index (κ3) is 6.03. The van der Waals surface area contributed by atoms with Gasteiger partial charge in [0.05, 0.1) is 11.4 Å². The lowest BCUT2D eigenvalue weighted by Crippen LogP contribution is -2.38. The molecule has 1 N–H and O–H groups in total. The van der Waals surface area contributed by atoms with Gasteiger partial charge in [0, 0.05) is 20.1 Å². The molecule has 0 bridgehead atoms. The van der Waals surface area contributed by atoms with E-state index in [9.17, 15) is 13.2 Å². The highest BCUT2D eigenvalue weighted by Gasteiger charge is 2.22. The molecule has 0 saturated heterocycles. The van der Waals surface area contributed by atoms with E-state index in [0.717, 1.165) is 27.5 Å². The number of sulfonamides is 1. The number of carbonyl (C=O) groups is 1. The molecule has 0 aliphatic carbocycles. The standard InChI is InChI=1S/C25H29N3O3S/c1-27(2)18-20-13-15-21(16-14-20)24-12-8-7-9-22(24)17-26-25(29)19-28(3)32(30,31)23-10-5-4-6-11-23/h4-16H,17-19H2,1-3H3,(H,26,29). The Morgan fingerprint density at radius 1 is 0.844 bits per heavy atom. The van der Waals surface area contributed by atoms with Crippen LogP contribution in [0.4, 0.5) is 0 Å². The minimum Gasteiger partial charge on any atom is -0.351 e. The van der Waals surface area contributed by atoms with Gasteiger partial charge in [0.1, 0.15) is 0 Å². The number of hydrogen-bond acceptors (Lipinski definition) is 4. The molecule has 0 saturated carbocycles. The minimum absolute atomic E-state index is 0.165. The fourth-order valence-electron chi connectivity index (χ4n) is 3.42. The zero-order chi connectivity index (χ0) is 23.1. The van der Waals surface area contributed by atoms with Crippen molar-refractivity contribution in [1.82, 2.24) is 14.5 Å². The Morgan fingerprint density at radius 3 is 2.12 bits per heavy atom. The molecule has 0 aromatic heterocycles. The van der Waals surface area contributed by atoms with Gasteiger partial charge >= 0.3 is 0 Å². The summed E-state index contributed by atoms with van der Waals surface area (Å²) in [6, 6.07) is 24.4. The van der Waals surface area contributed by atoms with E-state index in [-0.39, 0.29) is 17.3 Å². The molecule has 1 amide bonds. The second kappa shape index (κ2) is 10.5. The molecule has 0 radical (unpaired) electrons. The van der Waals surface area contributed by atoms with Crippen LogP contribution in [-0.4, -0.2) is 51.2 Å². The highest BCUT2D eigenvalue weighted by atomic mass is 32.2. The molecule has 7 heteroatoms. The number of benzene rings is 3. The van der Waals surface area contributed by atoms with E-state index in [4.69, 9.17) is 0 Å². The first-order valence-electron chi connectivity index (χ1n) is 10.4. The number of hydrogen-bond donors (Lipinski definition) is 1. The Morgan fingerprint density at radius 2 is 1.47 bits per heavy atom. The van der Waals surface area contributed by atoms with Gasteiger partial charge in [-0.25, -0.2) is 8.42 Å². The summed E-state index contributed by atoms with van der Waals surface area (Å²) in [5, 5.41) is 2.85. The van der Waals surface area contributed by atoms with Crippen LogP contribution in [0.3, 0.4) is 0 Å². The molecule has 0 atom stereocenters. The van der Waals surface area contributed by atoms with Crippen molar-refractivity contribution in [3.8, 4) is 11.1 Å². The second-order valence-electron chi connectivity index (χ2n) is 7.94. The Kier molecular flexibility index (Phi) is 7.80. The van der Waals surface area contributed by atoms with Gasteiger partial charge < -0.3 is 10.2 Å². The molecule has 6 nitrogen and oxygen atoms in total. The maximum absolute atomic E-state index is 12.6. The fraction of sp³-hybridized carbons (Fsp3) is 0.240. The molecule has 168 valence electrons. The van der Waals surface area contributed by atoms with Crippen molar-refractivity contribution in [1.29, 1.82) is 0 Å². The molecule has 0 aliphatic heterocycles. The van der Waals surface area contributed by atoms with Crippen LogP contribution in [0.25, 0.3) is 11.1 Å². The largest absolute Gasteiger partial charge is 0.351 e. The number of nitrogens with zero attached hydrogens (tertiary/aromatic N) is 2. The van der Waals surface area contributed by atoms with E-state index < -0.39 is 10.0 Å². The average molecular weight is 452 g/mol. The topological polar surface area (TPSA) is 69.7 Å². The average Bonchev–Trinajstić information content (AvgIpc) is 2.78. The first-order valence-corrected chi connectivity index (χ1v) is 11.8. The lowest BCUT2D eigenvalue weighted by Gasteiger charge is -2.17. The zero-order valence-corrected chi connectivity index (χ0v) is 19.5. The van der Waals surface area contributed by atoms with E-state index >= 15 is 0 Å². The molecular weight excluding hydrogens is 422 g/mol. The van der Waals surface area contributed by atoms with E-state index in [1.165, 1.54) is 24.7 Å². The van der Waals surface area contributed by atoms with Crippen molar-refractivity contribution >= 4 is 15.9 Å². The Hall–Kier alpha value is -3.00. The zero-order valence-electron chi connectivity index (χ0n) is 18.7. The Bertz CT molecular complexity index is 1140. The molecule has 0 spiro atoms. The number of rotatable bonds is 9. The van der Waals surface area contributed by atoms with Gasteiger partial charge in [-0.05, 0) is 48.5 Å². The normalized spacial score (nSPS) is 11.7. The second-order valence-corrected chi connectivity index (χ2v) is 9.99. The highest BCUT2D eigenvalue weighted by molar-refractivity contribution is 7.89. The predicted octanol–water partition coefficient (Wildman–Crippen LogP) is 3.35. The van der Waals surface area contributed by atoms with Crippen molar-refractivity contribution in [2.45, 2.75) is 18.0 Å². The van der Waals surface area contributed by atoms with Crippen molar-refractivity contribution in [3.05, 3.63) is 90.0 Å². The number of likely N-dealkylation sites (N-methyl/N-ethyl adjacent to an activating group) is 1. The summed E-state index contributed by atoms with van der Waals surface area (Å²) < 4.78 is 26.3. The smallest absolute Gasteiger partial charge is 0.243 e. The van der Waals surface area contributed by atoms with Crippen LogP contribution >= 0.6 is 0 Å². The first kappa shape index (κ1) is 23.7. The van der Waals surface area contributed by atoms with Crippen LogP contribution in [0.15, 0.2) is 83.8 Å². The van der Waals surface area contributed by atoms with Crippen LogP contribution in [0.5, 0.6) is 0 Å². The molecule has 0 fully saturated rings. The third-order valence-electron chi connectivity index (χ3n) is 5.07. The Labute approximate surface area is 190 Å². The predicted molar refractivity (Wildman–Crippen MR) is 127 cm³/mol. The van der Waals surface area contributed by atoms with Crippen LogP contribution in [0.1, 0.15) is 11.1 Å². The van der Waals surface area contributed by atoms with Gasteiger partial charge in [0.15, 0.2) is 0 Å². The molecule has 3 rings (SSSR count). The van der Waals surface area contributed by atoms with Gasteiger partial charge in [-0.15, -0.1) is 0 Å². The van der Waals surface area contributed by atoms with Crippen molar-refractivity contribution < 1.29 is 13.2 Å². The first-order chi connectivity index (χ1) is 15.3. The van der Waals surface area contributed by atoms with Gasteiger partial charge in [0.2, 0.25) is 15.9 Å². The third-order valence-corrected chi connectivity index (χ3v) is 6.89. The SMILES string of the molecule is CN(C)Cc1ccc(-c2ccccc2CNC(=O)CN(C)S(=O)(=O)c2ccccc2)cc1.